The Morgan fingerprint density at radius 3 is 2.32 bits per heavy atom. The minimum atomic E-state index is -1.26. The molecule has 0 radical (unpaired) electrons. The molecule has 0 saturated carbocycles. The third-order valence-electron chi connectivity index (χ3n) is 6.26. The summed E-state index contributed by atoms with van der Waals surface area (Å²) < 4.78 is 20.2. The van der Waals surface area contributed by atoms with Crippen molar-refractivity contribution in [2.45, 2.75) is 44.6 Å². The Labute approximate surface area is 215 Å². The molecule has 0 unspecified atom stereocenters. The van der Waals surface area contributed by atoms with Crippen molar-refractivity contribution >= 4 is 17.8 Å². The number of carbonyl (C=O) groups excluding carboxylic acids is 1. The number of aliphatic carboxylic acids is 2. The van der Waals surface area contributed by atoms with Gasteiger partial charge in [-0.2, -0.15) is 0 Å². The van der Waals surface area contributed by atoms with Crippen LogP contribution in [0.4, 0.5) is 4.39 Å². The van der Waals surface area contributed by atoms with Gasteiger partial charge in [0, 0.05) is 55.3 Å². The predicted molar refractivity (Wildman–Crippen MR) is 134 cm³/mol. The SMILES string of the molecule is O=C(NCCCN1CCC(Oc2ccc(F)c3c2CCC3)CC1)c1ccncc1.O=C(O)/C=C/C(=O)O. The summed E-state index contributed by atoms with van der Waals surface area (Å²) in [5.41, 5.74) is 2.58. The summed E-state index contributed by atoms with van der Waals surface area (Å²) in [6, 6.07) is 6.79. The first-order valence-electron chi connectivity index (χ1n) is 12.3. The highest BCUT2D eigenvalue weighted by molar-refractivity contribution is 5.93. The van der Waals surface area contributed by atoms with Crippen LogP contribution in [0.2, 0.25) is 0 Å². The molecule has 10 heteroatoms. The Bertz CT molecular complexity index is 1080. The maximum absolute atomic E-state index is 13.9. The highest BCUT2D eigenvalue weighted by Crippen LogP contribution is 2.34. The van der Waals surface area contributed by atoms with E-state index >= 15 is 0 Å². The van der Waals surface area contributed by atoms with Crippen LogP contribution >= 0.6 is 0 Å². The molecule has 4 rings (SSSR count). The van der Waals surface area contributed by atoms with E-state index in [0.29, 0.717) is 24.3 Å². The monoisotopic (exact) mass is 513 g/mol. The molecule has 1 aliphatic carbocycles. The van der Waals surface area contributed by atoms with E-state index in [1.807, 2.05) is 0 Å². The number of carbonyl (C=O) groups is 3. The fourth-order valence-corrected chi connectivity index (χ4v) is 4.42. The van der Waals surface area contributed by atoms with E-state index in [1.54, 1.807) is 36.7 Å². The summed E-state index contributed by atoms with van der Waals surface area (Å²) in [6.45, 7) is 3.62. The number of fused-ring (bicyclic) bond motifs is 1. The second-order valence-electron chi connectivity index (χ2n) is 8.87. The van der Waals surface area contributed by atoms with E-state index < -0.39 is 11.9 Å². The minimum Gasteiger partial charge on any atom is -0.490 e. The molecule has 1 aromatic carbocycles. The number of hydrogen-bond donors (Lipinski definition) is 3. The Hall–Kier alpha value is -3.79. The van der Waals surface area contributed by atoms with Crippen LogP contribution in [0.25, 0.3) is 0 Å². The molecule has 0 spiro atoms. The normalized spacial score (nSPS) is 15.5. The molecule has 3 N–H and O–H groups in total. The van der Waals surface area contributed by atoms with Gasteiger partial charge in [0.25, 0.3) is 5.91 Å². The third-order valence-corrected chi connectivity index (χ3v) is 6.26. The second-order valence-corrected chi connectivity index (χ2v) is 8.87. The molecule has 1 aromatic heterocycles. The lowest BCUT2D eigenvalue weighted by molar-refractivity contribution is -0.134. The van der Waals surface area contributed by atoms with E-state index in [2.05, 4.69) is 15.2 Å². The van der Waals surface area contributed by atoms with E-state index in [4.69, 9.17) is 14.9 Å². The average Bonchev–Trinajstić information content (AvgIpc) is 3.40. The van der Waals surface area contributed by atoms with Gasteiger partial charge in [-0.3, -0.25) is 9.78 Å². The Morgan fingerprint density at radius 1 is 1.03 bits per heavy atom. The molecule has 1 saturated heterocycles. The van der Waals surface area contributed by atoms with Gasteiger partial charge in [-0.15, -0.1) is 0 Å². The van der Waals surface area contributed by atoms with Gasteiger partial charge < -0.3 is 25.2 Å². The summed E-state index contributed by atoms with van der Waals surface area (Å²) in [7, 11) is 0. The number of aromatic nitrogens is 1. The molecule has 2 aromatic rings. The molecule has 2 aliphatic rings. The smallest absolute Gasteiger partial charge is 0.328 e. The van der Waals surface area contributed by atoms with Gasteiger partial charge in [0.1, 0.15) is 17.7 Å². The quantitative estimate of drug-likeness (QED) is 0.345. The van der Waals surface area contributed by atoms with E-state index in [1.165, 1.54) is 0 Å². The van der Waals surface area contributed by atoms with Crippen molar-refractivity contribution < 1.29 is 33.7 Å². The summed E-state index contributed by atoms with van der Waals surface area (Å²) in [6.07, 6.45) is 10.2. The fraction of sp³-hybridized carbons (Fsp3) is 0.407. The molecular weight excluding hydrogens is 481 g/mol. The van der Waals surface area contributed by atoms with Crippen molar-refractivity contribution in [3.8, 4) is 5.75 Å². The minimum absolute atomic E-state index is 0.0497. The zero-order valence-corrected chi connectivity index (χ0v) is 20.6. The van der Waals surface area contributed by atoms with Gasteiger partial charge in [0.2, 0.25) is 0 Å². The number of amides is 1. The van der Waals surface area contributed by atoms with Gasteiger partial charge in [-0.05, 0) is 74.9 Å². The van der Waals surface area contributed by atoms with E-state index in [0.717, 1.165) is 75.0 Å². The lowest BCUT2D eigenvalue weighted by Gasteiger charge is -2.32. The number of nitrogens with one attached hydrogen (secondary N) is 1. The van der Waals surface area contributed by atoms with Crippen LogP contribution in [-0.4, -0.2) is 70.2 Å². The summed E-state index contributed by atoms with van der Waals surface area (Å²) in [5, 5.41) is 18.6. The molecule has 0 atom stereocenters. The zero-order chi connectivity index (χ0) is 26.6. The number of likely N-dealkylation sites (tertiary alicyclic amines) is 1. The first kappa shape index (κ1) is 27.8. The maximum atomic E-state index is 13.9. The number of carboxylic acids is 2. The lowest BCUT2D eigenvalue weighted by Crippen LogP contribution is -2.39. The van der Waals surface area contributed by atoms with Crippen molar-refractivity contribution in [3.05, 3.63) is 71.3 Å². The Morgan fingerprint density at radius 2 is 1.68 bits per heavy atom. The highest BCUT2D eigenvalue weighted by atomic mass is 19.1. The molecular formula is C27H32FN3O6. The van der Waals surface area contributed by atoms with Crippen molar-refractivity contribution in [2.24, 2.45) is 0 Å². The first-order chi connectivity index (χ1) is 17.8. The van der Waals surface area contributed by atoms with E-state index in [9.17, 15) is 18.8 Å². The van der Waals surface area contributed by atoms with Crippen LogP contribution < -0.4 is 10.1 Å². The number of pyridine rings is 1. The van der Waals surface area contributed by atoms with Crippen LogP contribution in [0.1, 0.15) is 47.2 Å². The molecule has 37 heavy (non-hydrogen) atoms. The summed E-state index contributed by atoms with van der Waals surface area (Å²) >= 11 is 0. The molecule has 1 aliphatic heterocycles. The highest BCUT2D eigenvalue weighted by Gasteiger charge is 2.24. The van der Waals surface area contributed by atoms with Gasteiger partial charge in [-0.1, -0.05) is 0 Å². The molecule has 1 amide bonds. The van der Waals surface area contributed by atoms with Gasteiger partial charge in [0.15, 0.2) is 0 Å². The second kappa shape index (κ2) is 14.1. The van der Waals surface area contributed by atoms with Crippen molar-refractivity contribution in [1.29, 1.82) is 0 Å². The van der Waals surface area contributed by atoms with Crippen LogP contribution in [0.5, 0.6) is 5.75 Å². The van der Waals surface area contributed by atoms with Crippen molar-refractivity contribution in [2.75, 3.05) is 26.2 Å². The van der Waals surface area contributed by atoms with Crippen LogP contribution in [-0.2, 0) is 22.4 Å². The van der Waals surface area contributed by atoms with E-state index in [-0.39, 0.29) is 17.8 Å². The number of carboxylic acid groups (broad SMARTS) is 2. The summed E-state index contributed by atoms with van der Waals surface area (Å²) in [4.78, 5) is 37.5. The molecule has 9 nitrogen and oxygen atoms in total. The number of halogens is 1. The predicted octanol–water partition coefficient (Wildman–Crippen LogP) is 3.08. The molecule has 2 heterocycles. The summed E-state index contributed by atoms with van der Waals surface area (Å²) in [5.74, 6) is -1.77. The Kier molecular flexibility index (Phi) is 10.6. The number of ether oxygens (including phenoxy) is 1. The van der Waals surface area contributed by atoms with Crippen molar-refractivity contribution in [1.82, 2.24) is 15.2 Å². The van der Waals surface area contributed by atoms with Gasteiger partial charge >= 0.3 is 11.9 Å². The average molecular weight is 514 g/mol. The van der Waals surface area contributed by atoms with Gasteiger partial charge in [-0.25, -0.2) is 14.0 Å². The number of nitrogens with zero attached hydrogens (tertiary/aromatic N) is 2. The third kappa shape index (κ3) is 8.98. The number of hydrogen-bond acceptors (Lipinski definition) is 6. The first-order valence-corrected chi connectivity index (χ1v) is 12.3. The lowest BCUT2D eigenvalue weighted by atomic mass is 10.1. The van der Waals surface area contributed by atoms with Crippen molar-refractivity contribution in [3.63, 3.8) is 0 Å². The van der Waals surface area contributed by atoms with Crippen LogP contribution in [0.3, 0.4) is 0 Å². The molecule has 1 fully saturated rings. The molecule has 198 valence electrons. The van der Waals surface area contributed by atoms with Gasteiger partial charge in [0.05, 0.1) is 0 Å². The fourth-order valence-electron chi connectivity index (χ4n) is 4.42. The number of rotatable bonds is 9. The zero-order valence-electron chi connectivity index (χ0n) is 20.6. The Balaban J connectivity index is 0.000000414. The number of benzene rings is 1. The van der Waals surface area contributed by atoms with Crippen LogP contribution in [0, 0.1) is 5.82 Å². The molecule has 0 bridgehead atoms. The number of piperidine rings is 1. The van der Waals surface area contributed by atoms with Crippen LogP contribution in [0.15, 0.2) is 48.8 Å². The largest absolute Gasteiger partial charge is 0.490 e. The maximum Gasteiger partial charge on any atom is 0.328 e. The topological polar surface area (TPSA) is 129 Å². The standard InChI is InChI=1S/C23H28FN3O2.C4H4O4/c24-21-5-6-22(20-4-1-3-19(20)21)29-18-9-15-27(16-10-18)14-2-11-26-23(28)17-7-12-25-13-8-17;5-3(6)1-2-4(7)8/h5-8,12-13,18H,1-4,9-11,14-16H2,(H,26,28);1-2H,(H,5,6)(H,7,8)/b;2-1+.